The Bertz CT molecular complexity index is 530. The number of ether oxygens (including phenoxy) is 1. The lowest BCUT2D eigenvalue weighted by Crippen LogP contribution is -2.40. The Morgan fingerprint density at radius 1 is 1.25 bits per heavy atom. The maximum Gasteiger partial charge on any atom is 0.242 e. The number of nitrogens with zero attached hydrogens (tertiary/aromatic N) is 1. The summed E-state index contributed by atoms with van der Waals surface area (Å²) in [7, 11) is 0. The van der Waals surface area contributed by atoms with Crippen LogP contribution in [0.2, 0.25) is 0 Å². The summed E-state index contributed by atoms with van der Waals surface area (Å²) in [6.45, 7) is 6.07. The first-order valence-corrected chi connectivity index (χ1v) is 8.18. The van der Waals surface area contributed by atoms with Gasteiger partial charge in [-0.2, -0.15) is 0 Å². The molecule has 1 aromatic rings. The third-order valence-corrected chi connectivity index (χ3v) is 3.35. The largest absolute Gasteiger partial charge is 0.492 e. The van der Waals surface area contributed by atoms with Crippen molar-refractivity contribution < 1.29 is 9.53 Å². The number of carbonyl (C=O) groups excluding carboxylic acids is 1. The van der Waals surface area contributed by atoms with Crippen LogP contribution in [0, 0.1) is 6.92 Å². The number of aryl methyl sites for hydroxylation is 1. The molecular weight excluding hydrogens is 419 g/mol. The Kier molecular flexibility index (Phi) is 9.51. The van der Waals surface area contributed by atoms with E-state index in [0.717, 1.165) is 25.1 Å². The van der Waals surface area contributed by atoms with Crippen molar-refractivity contribution in [1.29, 1.82) is 0 Å². The Morgan fingerprint density at radius 2 is 1.96 bits per heavy atom. The van der Waals surface area contributed by atoms with Crippen molar-refractivity contribution in [3.8, 4) is 5.75 Å². The van der Waals surface area contributed by atoms with E-state index in [4.69, 9.17) is 4.74 Å². The van der Waals surface area contributed by atoms with Gasteiger partial charge in [-0.25, -0.2) is 4.99 Å². The maximum absolute atomic E-state index is 11.6. The fraction of sp³-hybridized carbons (Fsp3) is 0.529. The van der Waals surface area contributed by atoms with Gasteiger partial charge in [0.1, 0.15) is 18.9 Å². The normalized spacial score (nSPS) is 13.7. The molecule has 7 heteroatoms. The molecule has 0 radical (unpaired) electrons. The average Bonchev–Trinajstić information content (AvgIpc) is 3.34. The Morgan fingerprint density at radius 3 is 2.58 bits per heavy atom. The molecule has 2 rings (SSSR count). The molecule has 1 fully saturated rings. The Hall–Kier alpha value is -1.51. The molecule has 0 aromatic heterocycles. The second-order valence-electron chi connectivity index (χ2n) is 5.63. The molecule has 0 spiro atoms. The van der Waals surface area contributed by atoms with Gasteiger partial charge in [0.25, 0.3) is 0 Å². The predicted molar refractivity (Wildman–Crippen MR) is 107 cm³/mol. The van der Waals surface area contributed by atoms with Gasteiger partial charge in [-0.15, -0.1) is 24.0 Å². The number of amides is 1. The van der Waals surface area contributed by atoms with Gasteiger partial charge in [0.2, 0.25) is 5.91 Å². The van der Waals surface area contributed by atoms with Crippen molar-refractivity contribution in [3.63, 3.8) is 0 Å². The van der Waals surface area contributed by atoms with E-state index in [1.807, 2.05) is 38.1 Å². The van der Waals surface area contributed by atoms with E-state index in [2.05, 4.69) is 20.9 Å². The summed E-state index contributed by atoms with van der Waals surface area (Å²) >= 11 is 0. The van der Waals surface area contributed by atoms with Crippen LogP contribution in [0.4, 0.5) is 0 Å². The van der Waals surface area contributed by atoms with Crippen molar-refractivity contribution in [2.24, 2.45) is 4.99 Å². The summed E-state index contributed by atoms with van der Waals surface area (Å²) < 4.78 is 5.65. The number of hydrogen-bond acceptors (Lipinski definition) is 3. The van der Waals surface area contributed by atoms with E-state index < -0.39 is 0 Å². The molecular formula is C17H27IN4O2. The van der Waals surface area contributed by atoms with Crippen LogP contribution in [-0.4, -0.2) is 44.1 Å². The van der Waals surface area contributed by atoms with Gasteiger partial charge in [-0.1, -0.05) is 17.7 Å². The number of benzene rings is 1. The Balaban J connectivity index is 0.00000288. The van der Waals surface area contributed by atoms with Crippen molar-refractivity contribution in [1.82, 2.24) is 16.0 Å². The highest BCUT2D eigenvalue weighted by Gasteiger charge is 2.22. The smallest absolute Gasteiger partial charge is 0.242 e. The summed E-state index contributed by atoms with van der Waals surface area (Å²) in [4.78, 5) is 15.9. The van der Waals surface area contributed by atoms with Crippen molar-refractivity contribution in [2.45, 2.75) is 32.7 Å². The van der Waals surface area contributed by atoms with Gasteiger partial charge in [0, 0.05) is 12.6 Å². The molecule has 1 saturated carbocycles. The predicted octanol–water partition coefficient (Wildman–Crippen LogP) is 1.83. The minimum absolute atomic E-state index is 0. The van der Waals surface area contributed by atoms with Crippen LogP contribution in [0.1, 0.15) is 25.3 Å². The molecule has 6 nitrogen and oxygen atoms in total. The van der Waals surface area contributed by atoms with Crippen molar-refractivity contribution in [2.75, 3.05) is 26.2 Å². The SMILES string of the molecule is CCNC(=NCC(=O)NC1CC1)NCCOc1ccc(C)cc1.I. The van der Waals surface area contributed by atoms with Crippen LogP contribution < -0.4 is 20.7 Å². The molecule has 1 aliphatic rings. The summed E-state index contributed by atoms with van der Waals surface area (Å²) in [6, 6.07) is 8.32. The first-order chi connectivity index (χ1) is 11.2. The second-order valence-corrected chi connectivity index (χ2v) is 5.63. The molecule has 1 aromatic carbocycles. The molecule has 0 atom stereocenters. The molecule has 0 aliphatic heterocycles. The van der Waals surface area contributed by atoms with E-state index in [9.17, 15) is 4.79 Å². The van der Waals surface area contributed by atoms with E-state index in [-0.39, 0.29) is 36.4 Å². The molecule has 0 unspecified atom stereocenters. The maximum atomic E-state index is 11.6. The van der Waals surface area contributed by atoms with Crippen LogP contribution in [0.5, 0.6) is 5.75 Å². The first-order valence-electron chi connectivity index (χ1n) is 8.18. The minimum Gasteiger partial charge on any atom is -0.492 e. The standard InChI is InChI=1S/C17H26N4O2.HI/c1-3-18-17(20-12-16(22)21-14-6-7-14)19-10-11-23-15-8-4-13(2)5-9-15;/h4-5,8-9,14H,3,6-7,10-12H2,1-2H3,(H,21,22)(H2,18,19,20);1H. The van der Waals surface area contributed by atoms with Gasteiger partial charge in [-0.3, -0.25) is 4.79 Å². The zero-order chi connectivity index (χ0) is 16.5. The van der Waals surface area contributed by atoms with Crippen LogP contribution in [0.15, 0.2) is 29.3 Å². The highest BCUT2D eigenvalue weighted by Crippen LogP contribution is 2.18. The van der Waals surface area contributed by atoms with E-state index >= 15 is 0 Å². The van der Waals surface area contributed by atoms with Crippen molar-refractivity contribution in [3.05, 3.63) is 29.8 Å². The quantitative estimate of drug-likeness (QED) is 0.247. The molecule has 24 heavy (non-hydrogen) atoms. The molecule has 0 heterocycles. The minimum atomic E-state index is -0.0272. The summed E-state index contributed by atoms with van der Waals surface area (Å²) in [5.41, 5.74) is 1.21. The summed E-state index contributed by atoms with van der Waals surface area (Å²) in [5.74, 6) is 1.45. The van der Waals surface area contributed by atoms with Gasteiger partial charge < -0.3 is 20.7 Å². The Labute approximate surface area is 160 Å². The second kappa shape index (κ2) is 11.1. The number of aliphatic imine (C=N–C) groups is 1. The molecule has 0 bridgehead atoms. The lowest BCUT2D eigenvalue weighted by atomic mass is 10.2. The average molecular weight is 446 g/mol. The lowest BCUT2D eigenvalue weighted by Gasteiger charge is -2.12. The fourth-order valence-corrected chi connectivity index (χ4v) is 1.97. The highest BCUT2D eigenvalue weighted by molar-refractivity contribution is 14.0. The molecule has 1 amide bonds. The van der Waals surface area contributed by atoms with Crippen LogP contribution in [-0.2, 0) is 4.79 Å². The van der Waals surface area contributed by atoms with Crippen molar-refractivity contribution >= 4 is 35.8 Å². The number of hydrogen-bond donors (Lipinski definition) is 3. The van der Waals surface area contributed by atoms with Gasteiger partial charge in [0.15, 0.2) is 5.96 Å². The lowest BCUT2D eigenvalue weighted by molar-refractivity contribution is -0.119. The molecule has 3 N–H and O–H groups in total. The van der Waals surface area contributed by atoms with Gasteiger partial charge >= 0.3 is 0 Å². The summed E-state index contributed by atoms with van der Waals surface area (Å²) in [6.07, 6.45) is 2.17. The fourth-order valence-electron chi connectivity index (χ4n) is 1.97. The van der Waals surface area contributed by atoms with Crippen LogP contribution >= 0.6 is 24.0 Å². The first kappa shape index (κ1) is 20.5. The van der Waals surface area contributed by atoms with E-state index in [1.165, 1.54) is 5.56 Å². The third-order valence-electron chi connectivity index (χ3n) is 3.35. The molecule has 1 aliphatic carbocycles. The number of rotatable bonds is 8. The number of carbonyl (C=O) groups is 1. The van der Waals surface area contributed by atoms with E-state index in [1.54, 1.807) is 0 Å². The number of guanidine groups is 1. The monoisotopic (exact) mass is 446 g/mol. The zero-order valence-electron chi connectivity index (χ0n) is 14.3. The molecule has 134 valence electrons. The third kappa shape index (κ3) is 8.37. The zero-order valence-corrected chi connectivity index (χ0v) is 16.6. The topological polar surface area (TPSA) is 74.8 Å². The number of nitrogens with one attached hydrogen (secondary N) is 3. The number of halogens is 1. The van der Waals surface area contributed by atoms with Crippen LogP contribution in [0.25, 0.3) is 0 Å². The summed E-state index contributed by atoms with van der Waals surface area (Å²) in [5, 5.41) is 9.20. The highest BCUT2D eigenvalue weighted by atomic mass is 127. The van der Waals surface area contributed by atoms with Crippen LogP contribution in [0.3, 0.4) is 0 Å². The van der Waals surface area contributed by atoms with E-state index in [0.29, 0.717) is 25.2 Å². The van der Waals surface area contributed by atoms with Gasteiger partial charge in [0.05, 0.1) is 6.54 Å². The van der Waals surface area contributed by atoms with Gasteiger partial charge in [-0.05, 0) is 38.8 Å². The molecule has 0 saturated heterocycles.